The Balaban J connectivity index is 3.02. The molecule has 0 radical (unpaired) electrons. The second-order valence-electron chi connectivity index (χ2n) is 4.09. The molecule has 1 atom stereocenters. The third-order valence-electron chi connectivity index (χ3n) is 2.58. The van der Waals surface area contributed by atoms with Crippen molar-refractivity contribution in [2.45, 2.75) is 17.9 Å². The predicted octanol–water partition coefficient (Wildman–Crippen LogP) is 0.589. The van der Waals surface area contributed by atoms with Crippen molar-refractivity contribution in [3.63, 3.8) is 0 Å². The minimum atomic E-state index is -3.62. The molecule has 0 amide bonds. The molecule has 1 unspecified atom stereocenters. The van der Waals surface area contributed by atoms with Crippen LogP contribution in [-0.4, -0.2) is 44.1 Å². The van der Waals surface area contributed by atoms with E-state index in [0.29, 0.717) is 10.6 Å². The van der Waals surface area contributed by atoms with Gasteiger partial charge in [0.15, 0.2) is 0 Å². The van der Waals surface area contributed by atoms with Gasteiger partial charge in [0, 0.05) is 25.2 Å². The van der Waals surface area contributed by atoms with Gasteiger partial charge >= 0.3 is 0 Å². The maximum absolute atomic E-state index is 12.2. The summed E-state index contributed by atoms with van der Waals surface area (Å²) >= 11 is 5.85. The molecule has 0 saturated heterocycles. The Labute approximate surface area is 112 Å². The summed E-state index contributed by atoms with van der Waals surface area (Å²) < 4.78 is 25.4. The second kappa shape index (κ2) is 5.99. The number of halogens is 1. The van der Waals surface area contributed by atoms with Crippen LogP contribution in [0.5, 0.6) is 0 Å². The monoisotopic (exact) mass is 292 g/mol. The SMILES string of the molecule is Cc1cc(S(=O)(=O)N(C)CC(O)CN)ccc1Cl. The fourth-order valence-electron chi connectivity index (χ4n) is 1.43. The molecule has 0 heterocycles. The summed E-state index contributed by atoms with van der Waals surface area (Å²) in [6.07, 6.45) is -0.877. The lowest BCUT2D eigenvalue weighted by Crippen LogP contribution is -2.37. The largest absolute Gasteiger partial charge is 0.390 e. The number of aryl methyl sites for hydroxylation is 1. The van der Waals surface area contributed by atoms with Crippen LogP contribution in [0.25, 0.3) is 0 Å². The Kier molecular flexibility index (Phi) is 5.12. The lowest BCUT2D eigenvalue weighted by molar-refractivity contribution is 0.160. The predicted molar refractivity (Wildman–Crippen MR) is 71.1 cm³/mol. The molecule has 0 aliphatic carbocycles. The van der Waals surface area contributed by atoms with Crippen molar-refractivity contribution in [1.82, 2.24) is 4.31 Å². The van der Waals surface area contributed by atoms with Gasteiger partial charge in [0.05, 0.1) is 11.0 Å². The highest BCUT2D eigenvalue weighted by Gasteiger charge is 2.22. The van der Waals surface area contributed by atoms with Gasteiger partial charge in [-0.3, -0.25) is 0 Å². The van der Waals surface area contributed by atoms with Crippen molar-refractivity contribution >= 4 is 21.6 Å². The maximum Gasteiger partial charge on any atom is 0.242 e. The van der Waals surface area contributed by atoms with E-state index in [1.54, 1.807) is 6.92 Å². The number of nitrogens with two attached hydrogens (primary N) is 1. The summed E-state index contributed by atoms with van der Waals surface area (Å²) in [5.41, 5.74) is 5.94. The molecule has 0 aliphatic rings. The minimum Gasteiger partial charge on any atom is -0.390 e. The first-order valence-electron chi connectivity index (χ1n) is 5.39. The summed E-state index contributed by atoms with van der Waals surface area (Å²) in [5, 5.41) is 9.90. The van der Waals surface area contributed by atoms with Gasteiger partial charge < -0.3 is 10.8 Å². The van der Waals surface area contributed by atoms with Crippen molar-refractivity contribution in [3.05, 3.63) is 28.8 Å². The fourth-order valence-corrected chi connectivity index (χ4v) is 2.84. The molecule has 0 fully saturated rings. The van der Waals surface area contributed by atoms with Crippen molar-refractivity contribution in [1.29, 1.82) is 0 Å². The highest BCUT2D eigenvalue weighted by Crippen LogP contribution is 2.21. The van der Waals surface area contributed by atoms with Crippen molar-refractivity contribution in [2.75, 3.05) is 20.1 Å². The molecular weight excluding hydrogens is 276 g/mol. The van der Waals surface area contributed by atoms with Crippen molar-refractivity contribution < 1.29 is 13.5 Å². The summed E-state index contributed by atoms with van der Waals surface area (Å²) in [6, 6.07) is 4.48. The third kappa shape index (κ3) is 3.43. The number of benzene rings is 1. The first kappa shape index (κ1) is 15.4. The zero-order valence-corrected chi connectivity index (χ0v) is 11.9. The van der Waals surface area contributed by atoms with Gasteiger partial charge in [0.2, 0.25) is 10.0 Å². The molecule has 0 saturated carbocycles. The van der Waals surface area contributed by atoms with E-state index in [1.807, 2.05) is 0 Å². The molecule has 0 spiro atoms. The highest BCUT2D eigenvalue weighted by atomic mass is 35.5. The Bertz CT molecular complexity index is 519. The van der Waals surface area contributed by atoms with Gasteiger partial charge in [-0.25, -0.2) is 8.42 Å². The first-order chi connectivity index (χ1) is 8.28. The fraction of sp³-hybridized carbons (Fsp3) is 0.455. The normalized spacial score (nSPS) is 13.9. The summed E-state index contributed by atoms with van der Waals surface area (Å²) in [4.78, 5) is 0.149. The molecule has 102 valence electrons. The van der Waals surface area contributed by atoms with E-state index >= 15 is 0 Å². The molecule has 3 N–H and O–H groups in total. The molecule has 7 heteroatoms. The summed E-state index contributed by atoms with van der Waals surface area (Å²) in [7, 11) is -2.22. The molecule has 1 aromatic rings. The number of hydrogen-bond acceptors (Lipinski definition) is 4. The second-order valence-corrected chi connectivity index (χ2v) is 6.54. The number of aliphatic hydroxyl groups excluding tert-OH is 1. The molecular formula is C11H17ClN2O3S. The first-order valence-corrected chi connectivity index (χ1v) is 7.21. The smallest absolute Gasteiger partial charge is 0.242 e. The molecule has 5 nitrogen and oxygen atoms in total. The number of sulfonamides is 1. The van der Waals surface area contributed by atoms with Crippen LogP contribution < -0.4 is 5.73 Å². The van der Waals surface area contributed by atoms with Crippen LogP contribution >= 0.6 is 11.6 Å². The van der Waals surface area contributed by atoms with Crippen LogP contribution in [0.4, 0.5) is 0 Å². The van der Waals surface area contributed by atoms with E-state index in [4.69, 9.17) is 17.3 Å². The lowest BCUT2D eigenvalue weighted by atomic mass is 10.2. The molecule has 0 bridgehead atoms. The Morgan fingerprint density at radius 1 is 1.50 bits per heavy atom. The van der Waals surface area contributed by atoms with Crippen molar-refractivity contribution in [3.8, 4) is 0 Å². The van der Waals surface area contributed by atoms with Gasteiger partial charge in [-0.15, -0.1) is 0 Å². The van der Waals surface area contributed by atoms with Gasteiger partial charge in [0.25, 0.3) is 0 Å². The number of aliphatic hydroxyl groups is 1. The lowest BCUT2D eigenvalue weighted by Gasteiger charge is -2.20. The van der Waals surface area contributed by atoms with Crippen LogP contribution in [0.1, 0.15) is 5.56 Å². The highest BCUT2D eigenvalue weighted by molar-refractivity contribution is 7.89. The quantitative estimate of drug-likeness (QED) is 0.832. The third-order valence-corrected chi connectivity index (χ3v) is 4.82. The topological polar surface area (TPSA) is 83.6 Å². The number of rotatable bonds is 5. The van der Waals surface area contributed by atoms with E-state index in [2.05, 4.69) is 0 Å². The Morgan fingerprint density at radius 2 is 2.11 bits per heavy atom. The Hall–Kier alpha value is -0.660. The number of nitrogens with zero attached hydrogens (tertiary/aromatic N) is 1. The zero-order chi connectivity index (χ0) is 13.9. The van der Waals surface area contributed by atoms with Crippen LogP contribution in [-0.2, 0) is 10.0 Å². The van der Waals surface area contributed by atoms with Crippen LogP contribution in [0.3, 0.4) is 0 Å². The molecule has 0 aromatic heterocycles. The average Bonchev–Trinajstić information content (AvgIpc) is 2.32. The number of likely N-dealkylation sites (N-methyl/N-ethyl adjacent to an activating group) is 1. The molecule has 0 aliphatic heterocycles. The summed E-state index contributed by atoms with van der Waals surface area (Å²) in [6.45, 7) is 1.70. The van der Waals surface area contributed by atoms with Crippen LogP contribution in [0.2, 0.25) is 5.02 Å². The summed E-state index contributed by atoms with van der Waals surface area (Å²) in [5.74, 6) is 0. The maximum atomic E-state index is 12.2. The molecule has 1 rings (SSSR count). The zero-order valence-electron chi connectivity index (χ0n) is 10.3. The van der Waals surface area contributed by atoms with Gasteiger partial charge in [-0.2, -0.15) is 4.31 Å². The van der Waals surface area contributed by atoms with Gasteiger partial charge in [-0.1, -0.05) is 11.6 Å². The standard InChI is InChI=1S/C11H17ClN2O3S/c1-8-5-10(3-4-11(8)12)18(16,17)14(2)7-9(15)6-13/h3-5,9,15H,6-7,13H2,1-2H3. The average molecular weight is 293 g/mol. The number of hydrogen-bond donors (Lipinski definition) is 2. The van der Waals surface area contributed by atoms with E-state index in [0.717, 1.165) is 4.31 Å². The van der Waals surface area contributed by atoms with E-state index in [-0.39, 0.29) is 18.0 Å². The van der Waals surface area contributed by atoms with Crippen LogP contribution in [0.15, 0.2) is 23.1 Å². The van der Waals surface area contributed by atoms with Crippen LogP contribution in [0, 0.1) is 6.92 Å². The molecule has 1 aromatic carbocycles. The van der Waals surface area contributed by atoms with Gasteiger partial charge in [0.1, 0.15) is 0 Å². The van der Waals surface area contributed by atoms with Crippen molar-refractivity contribution in [2.24, 2.45) is 5.73 Å². The Morgan fingerprint density at radius 3 is 2.61 bits per heavy atom. The van der Waals surface area contributed by atoms with E-state index < -0.39 is 16.1 Å². The van der Waals surface area contributed by atoms with E-state index in [9.17, 15) is 13.5 Å². The molecule has 18 heavy (non-hydrogen) atoms. The minimum absolute atomic E-state index is 0.0134. The van der Waals surface area contributed by atoms with E-state index in [1.165, 1.54) is 25.2 Å². The van der Waals surface area contributed by atoms with Gasteiger partial charge in [-0.05, 0) is 30.7 Å².